The number of allylic oxidation sites excluding steroid dienone is 1. The first-order chi connectivity index (χ1) is 9.92. The molecule has 1 aromatic rings. The summed E-state index contributed by atoms with van der Waals surface area (Å²) >= 11 is 1.61. The molecule has 0 aliphatic rings. The molecule has 0 radical (unpaired) electrons. The number of aliphatic hydroxyl groups is 1. The Morgan fingerprint density at radius 2 is 2.14 bits per heavy atom. The Bertz CT molecular complexity index is 529. The van der Waals surface area contributed by atoms with E-state index in [1.165, 1.54) is 0 Å². The minimum Gasteiger partial charge on any atom is -0.388 e. The first-order valence-corrected chi connectivity index (χ1v) is 8.26. The van der Waals surface area contributed by atoms with Gasteiger partial charge in [-0.05, 0) is 45.3 Å². The zero-order valence-electron chi connectivity index (χ0n) is 13.3. The molecule has 0 aliphatic carbocycles. The highest BCUT2D eigenvalue weighted by Gasteiger charge is 2.06. The number of aryl methyl sites for hydroxylation is 1. The quantitative estimate of drug-likeness (QED) is 0.728. The van der Waals surface area contributed by atoms with Gasteiger partial charge in [0.1, 0.15) is 5.78 Å². The lowest BCUT2D eigenvalue weighted by Gasteiger charge is -2.09. The molecule has 0 saturated heterocycles. The number of nitrogens with zero attached hydrogens (tertiary/aromatic N) is 1. The monoisotopic (exact) mass is 307 g/mol. The molecule has 0 amide bonds. The van der Waals surface area contributed by atoms with Gasteiger partial charge in [0, 0.05) is 18.2 Å². The molecule has 1 N–H and O–H groups in total. The lowest BCUT2D eigenvalue weighted by Crippen LogP contribution is -2.06. The fourth-order valence-electron chi connectivity index (χ4n) is 1.89. The lowest BCUT2D eigenvalue weighted by molar-refractivity contribution is -0.118. The van der Waals surface area contributed by atoms with Crippen LogP contribution < -0.4 is 0 Å². The summed E-state index contributed by atoms with van der Waals surface area (Å²) in [4.78, 5) is 15.6. The van der Waals surface area contributed by atoms with Crippen molar-refractivity contribution in [3.8, 4) is 0 Å². The fraction of sp³-hybridized carbons (Fsp3) is 0.529. The van der Waals surface area contributed by atoms with Crippen molar-refractivity contribution in [3.63, 3.8) is 0 Å². The number of ketones is 1. The van der Waals surface area contributed by atoms with Gasteiger partial charge in [-0.2, -0.15) is 0 Å². The maximum Gasteiger partial charge on any atom is 0.132 e. The molecule has 1 rings (SSSR count). The second-order valence-electron chi connectivity index (χ2n) is 5.37. The van der Waals surface area contributed by atoms with Gasteiger partial charge in [0.15, 0.2) is 0 Å². The maximum absolute atomic E-state index is 11.3. The molecule has 0 unspecified atom stereocenters. The van der Waals surface area contributed by atoms with Crippen molar-refractivity contribution < 1.29 is 9.90 Å². The van der Waals surface area contributed by atoms with E-state index in [1.807, 2.05) is 45.2 Å². The Balaban J connectivity index is 2.50. The van der Waals surface area contributed by atoms with Gasteiger partial charge >= 0.3 is 0 Å². The summed E-state index contributed by atoms with van der Waals surface area (Å²) in [6.07, 6.45) is 6.02. The fourth-order valence-corrected chi connectivity index (χ4v) is 2.46. The molecule has 1 aromatic heterocycles. The molecule has 3 nitrogen and oxygen atoms in total. The van der Waals surface area contributed by atoms with E-state index in [1.54, 1.807) is 11.3 Å². The van der Waals surface area contributed by atoms with Crippen molar-refractivity contribution in [3.05, 3.63) is 33.3 Å². The number of carbonyl (C=O) groups is 1. The number of aliphatic hydroxyl groups excluding tert-OH is 1. The lowest BCUT2D eigenvalue weighted by atomic mass is 10.0. The molecule has 21 heavy (non-hydrogen) atoms. The molecule has 0 aromatic carbocycles. The van der Waals surface area contributed by atoms with E-state index in [0.29, 0.717) is 25.0 Å². The third-order valence-electron chi connectivity index (χ3n) is 3.42. The first-order valence-electron chi connectivity index (χ1n) is 7.38. The summed E-state index contributed by atoms with van der Waals surface area (Å²) in [6.45, 7) is 7.79. The van der Waals surface area contributed by atoms with Crippen LogP contribution in [0.4, 0.5) is 0 Å². The van der Waals surface area contributed by atoms with Crippen LogP contribution in [0.3, 0.4) is 0 Å². The Morgan fingerprint density at radius 3 is 2.71 bits per heavy atom. The highest BCUT2D eigenvalue weighted by atomic mass is 32.1. The molecule has 0 spiro atoms. The minimum atomic E-state index is -0.496. The number of hydrogen-bond donors (Lipinski definition) is 1. The van der Waals surface area contributed by atoms with E-state index >= 15 is 0 Å². The summed E-state index contributed by atoms with van der Waals surface area (Å²) in [5.41, 5.74) is 2.98. The number of Topliss-reactive ketones (excluding diaryl/α,β-unsaturated/α-hetero) is 1. The van der Waals surface area contributed by atoms with Crippen LogP contribution in [0, 0.1) is 6.92 Å². The van der Waals surface area contributed by atoms with Crippen LogP contribution in [0.15, 0.2) is 22.6 Å². The number of aromatic nitrogens is 1. The summed E-state index contributed by atoms with van der Waals surface area (Å²) in [5.74, 6) is 0.290. The van der Waals surface area contributed by atoms with E-state index in [9.17, 15) is 9.90 Å². The average Bonchev–Trinajstić information content (AvgIpc) is 2.86. The SMILES string of the molecule is CCC(=O)CCC(C)=CC[C@H](O)C(C)=Cc1csc(C)n1. The van der Waals surface area contributed by atoms with E-state index in [4.69, 9.17) is 0 Å². The number of thiazole rings is 1. The normalized spacial score (nSPS) is 14.3. The summed E-state index contributed by atoms with van der Waals surface area (Å²) in [6, 6.07) is 0. The molecule has 1 heterocycles. The zero-order chi connectivity index (χ0) is 15.8. The van der Waals surface area contributed by atoms with Gasteiger partial charge in [0.05, 0.1) is 16.8 Å². The van der Waals surface area contributed by atoms with Crippen molar-refractivity contribution in [2.24, 2.45) is 0 Å². The molecule has 116 valence electrons. The van der Waals surface area contributed by atoms with Gasteiger partial charge in [-0.1, -0.05) is 18.6 Å². The molecular formula is C17H25NO2S. The Hall–Kier alpha value is -1.26. The van der Waals surface area contributed by atoms with Crippen LogP contribution in [-0.4, -0.2) is 22.0 Å². The van der Waals surface area contributed by atoms with Gasteiger partial charge in [-0.25, -0.2) is 4.98 Å². The van der Waals surface area contributed by atoms with Crippen LogP contribution in [0.5, 0.6) is 0 Å². The van der Waals surface area contributed by atoms with E-state index in [2.05, 4.69) is 4.98 Å². The van der Waals surface area contributed by atoms with E-state index in [0.717, 1.165) is 28.3 Å². The molecule has 1 atom stereocenters. The van der Waals surface area contributed by atoms with Gasteiger partial charge in [0.2, 0.25) is 0 Å². The molecule has 4 heteroatoms. The highest BCUT2D eigenvalue weighted by molar-refractivity contribution is 7.09. The van der Waals surface area contributed by atoms with Crippen LogP contribution >= 0.6 is 11.3 Å². The van der Waals surface area contributed by atoms with Crippen molar-refractivity contribution >= 4 is 23.2 Å². The number of hydrogen-bond acceptors (Lipinski definition) is 4. The predicted octanol–water partition coefficient (Wildman–Crippen LogP) is 4.31. The van der Waals surface area contributed by atoms with E-state index in [-0.39, 0.29) is 0 Å². The number of rotatable bonds is 8. The van der Waals surface area contributed by atoms with Crippen molar-refractivity contribution in [1.29, 1.82) is 0 Å². The van der Waals surface area contributed by atoms with Crippen LogP contribution in [0.1, 0.15) is 57.2 Å². The molecule has 0 fully saturated rings. The standard InChI is InChI=1S/C17H25NO2S/c1-5-16(19)8-6-12(2)7-9-17(20)13(3)10-15-11-21-14(4)18-15/h7,10-11,17,20H,5-6,8-9H2,1-4H3/t17-/m0/s1. The smallest absolute Gasteiger partial charge is 0.132 e. The minimum absolute atomic E-state index is 0.290. The summed E-state index contributed by atoms with van der Waals surface area (Å²) in [5, 5.41) is 13.2. The van der Waals surface area contributed by atoms with Crippen LogP contribution in [0.2, 0.25) is 0 Å². The van der Waals surface area contributed by atoms with Crippen molar-refractivity contribution in [2.75, 3.05) is 0 Å². The highest BCUT2D eigenvalue weighted by Crippen LogP contribution is 2.16. The second kappa shape index (κ2) is 8.90. The largest absolute Gasteiger partial charge is 0.388 e. The molecule has 0 bridgehead atoms. The third-order valence-corrected chi connectivity index (χ3v) is 4.21. The Labute approximate surface area is 131 Å². The molecule has 0 aliphatic heterocycles. The number of carbonyl (C=O) groups excluding carboxylic acids is 1. The van der Waals surface area contributed by atoms with Gasteiger partial charge in [-0.3, -0.25) is 4.79 Å². The van der Waals surface area contributed by atoms with Crippen molar-refractivity contribution in [1.82, 2.24) is 4.98 Å². The zero-order valence-corrected chi connectivity index (χ0v) is 14.2. The van der Waals surface area contributed by atoms with Gasteiger partial charge in [0.25, 0.3) is 0 Å². The molecule has 0 saturated carbocycles. The Morgan fingerprint density at radius 1 is 1.43 bits per heavy atom. The average molecular weight is 307 g/mol. The third kappa shape index (κ3) is 6.82. The first kappa shape index (κ1) is 17.8. The van der Waals surface area contributed by atoms with Gasteiger partial charge in [-0.15, -0.1) is 11.3 Å². The van der Waals surface area contributed by atoms with Crippen LogP contribution in [-0.2, 0) is 4.79 Å². The topological polar surface area (TPSA) is 50.2 Å². The predicted molar refractivity (Wildman–Crippen MR) is 89.4 cm³/mol. The van der Waals surface area contributed by atoms with Crippen LogP contribution in [0.25, 0.3) is 6.08 Å². The summed E-state index contributed by atoms with van der Waals surface area (Å²) in [7, 11) is 0. The summed E-state index contributed by atoms with van der Waals surface area (Å²) < 4.78 is 0. The maximum atomic E-state index is 11.3. The van der Waals surface area contributed by atoms with Crippen molar-refractivity contribution in [2.45, 2.75) is 59.5 Å². The Kier molecular flexibility index (Phi) is 7.54. The van der Waals surface area contributed by atoms with Gasteiger partial charge < -0.3 is 5.11 Å². The van der Waals surface area contributed by atoms with E-state index < -0.39 is 6.10 Å². The second-order valence-corrected chi connectivity index (χ2v) is 6.44. The molecular weight excluding hydrogens is 282 g/mol.